The van der Waals surface area contributed by atoms with E-state index in [2.05, 4.69) is 36.6 Å². The van der Waals surface area contributed by atoms with Crippen LogP contribution in [-0.2, 0) is 13.1 Å². The van der Waals surface area contributed by atoms with Gasteiger partial charge in [-0.3, -0.25) is 14.6 Å². The fourth-order valence-electron chi connectivity index (χ4n) is 4.10. The Kier molecular flexibility index (Phi) is 3.98. The van der Waals surface area contributed by atoms with E-state index in [1.54, 1.807) is 0 Å². The van der Waals surface area contributed by atoms with Crippen molar-refractivity contribution in [1.82, 2.24) is 15.6 Å². The lowest BCUT2D eigenvalue weighted by Gasteiger charge is -2.15. The topological polar surface area (TPSA) is 71.1 Å². The van der Waals surface area contributed by atoms with Gasteiger partial charge in [0.05, 0.1) is 5.69 Å². The summed E-state index contributed by atoms with van der Waals surface area (Å²) in [5.41, 5.74) is 8.42. The van der Waals surface area contributed by atoms with Gasteiger partial charge in [0.25, 0.3) is 11.8 Å². The number of carbonyl (C=O) groups excluding carboxylic acids is 2. The molecule has 3 heterocycles. The van der Waals surface area contributed by atoms with Crippen molar-refractivity contribution in [3.05, 3.63) is 76.6 Å². The molecule has 5 heteroatoms. The molecule has 2 amide bonds. The van der Waals surface area contributed by atoms with Crippen LogP contribution in [0.15, 0.2) is 48.7 Å². The van der Waals surface area contributed by atoms with E-state index in [0.717, 1.165) is 50.2 Å². The van der Waals surface area contributed by atoms with Crippen LogP contribution in [0.4, 0.5) is 0 Å². The van der Waals surface area contributed by atoms with E-state index in [9.17, 15) is 9.59 Å². The maximum atomic E-state index is 12.1. The molecule has 1 aromatic heterocycles. The summed E-state index contributed by atoms with van der Waals surface area (Å²) >= 11 is 0. The van der Waals surface area contributed by atoms with Crippen molar-refractivity contribution >= 4 is 11.8 Å². The molecule has 0 bridgehead atoms. The van der Waals surface area contributed by atoms with E-state index in [0.29, 0.717) is 13.1 Å². The lowest BCUT2D eigenvalue weighted by Crippen LogP contribution is -2.12. The molecule has 0 saturated heterocycles. The minimum absolute atomic E-state index is 0.0262. The predicted octanol–water partition coefficient (Wildman–Crippen LogP) is 4.03. The Morgan fingerprint density at radius 1 is 0.759 bits per heavy atom. The van der Waals surface area contributed by atoms with Crippen molar-refractivity contribution in [3.63, 3.8) is 0 Å². The van der Waals surface area contributed by atoms with Gasteiger partial charge < -0.3 is 10.6 Å². The Bertz CT molecular complexity index is 1180. The molecule has 0 atom stereocenters. The molecule has 5 rings (SSSR count). The van der Waals surface area contributed by atoms with Crippen LogP contribution in [0.2, 0.25) is 0 Å². The van der Waals surface area contributed by atoms with Crippen LogP contribution in [0.5, 0.6) is 0 Å². The summed E-state index contributed by atoms with van der Waals surface area (Å²) in [5.74, 6) is 0.187. The maximum Gasteiger partial charge on any atom is 0.251 e. The number of hydrogen-bond acceptors (Lipinski definition) is 3. The van der Waals surface area contributed by atoms with Gasteiger partial charge in [-0.25, -0.2) is 0 Å². The average Bonchev–Trinajstić information content (AvgIpc) is 3.29. The highest BCUT2D eigenvalue weighted by Gasteiger charge is 2.22. The molecule has 0 unspecified atom stereocenters. The predicted molar refractivity (Wildman–Crippen MR) is 112 cm³/mol. The Balaban J connectivity index is 1.64. The second-order valence-electron chi connectivity index (χ2n) is 7.92. The maximum absolute atomic E-state index is 12.1. The summed E-state index contributed by atoms with van der Waals surface area (Å²) < 4.78 is 0. The zero-order valence-electron chi connectivity index (χ0n) is 16.4. The molecule has 29 heavy (non-hydrogen) atoms. The highest BCUT2D eigenvalue weighted by atomic mass is 16.2. The largest absolute Gasteiger partial charge is 0.348 e. The number of fused-ring (bicyclic) bond motifs is 2. The Morgan fingerprint density at radius 2 is 1.31 bits per heavy atom. The first-order chi connectivity index (χ1) is 14.0. The average molecular weight is 383 g/mol. The van der Waals surface area contributed by atoms with Gasteiger partial charge in [-0.15, -0.1) is 0 Å². The third-order valence-corrected chi connectivity index (χ3v) is 5.70. The van der Waals surface area contributed by atoms with Crippen molar-refractivity contribution in [1.29, 1.82) is 0 Å². The van der Waals surface area contributed by atoms with E-state index in [-0.39, 0.29) is 17.7 Å². The molecule has 144 valence electrons. The second kappa shape index (κ2) is 6.55. The summed E-state index contributed by atoms with van der Waals surface area (Å²) in [6.07, 6.45) is 1.87. The molecule has 2 N–H and O–H groups in total. The summed E-state index contributed by atoms with van der Waals surface area (Å²) in [6, 6.07) is 14.1. The van der Waals surface area contributed by atoms with Crippen LogP contribution in [0.3, 0.4) is 0 Å². The van der Waals surface area contributed by atoms with Gasteiger partial charge in [-0.1, -0.05) is 38.1 Å². The highest BCUT2D eigenvalue weighted by molar-refractivity contribution is 6.00. The van der Waals surface area contributed by atoms with Gasteiger partial charge in [0.1, 0.15) is 0 Å². The SMILES string of the molecule is CC(C)c1ncc(-c2ccc3c(c2)C(=O)NC3)cc1-c1ccc2c(c1)C(=O)NC2. The van der Waals surface area contributed by atoms with Crippen LogP contribution in [-0.4, -0.2) is 16.8 Å². The molecule has 3 aromatic rings. The number of carbonyl (C=O) groups is 2. The molecule has 2 aromatic carbocycles. The summed E-state index contributed by atoms with van der Waals surface area (Å²) in [5, 5.41) is 5.73. The molecule has 0 aliphatic carbocycles. The van der Waals surface area contributed by atoms with Crippen molar-refractivity contribution < 1.29 is 9.59 Å². The van der Waals surface area contributed by atoms with Crippen LogP contribution in [0, 0.1) is 0 Å². The van der Waals surface area contributed by atoms with Crippen LogP contribution < -0.4 is 10.6 Å². The summed E-state index contributed by atoms with van der Waals surface area (Å²) in [6.45, 7) is 5.40. The number of hydrogen-bond donors (Lipinski definition) is 2. The zero-order valence-corrected chi connectivity index (χ0v) is 16.4. The molecule has 2 aliphatic rings. The van der Waals surface area contributed by atoms with Gasteiger partial charge in [0.2, 0.25) is 0 Å². The summed E-state index contributed by atoms with van der Waals surface area (Å²) in [4.78, 5) is 28.9. The Hall–Kier alpha value is -3.47. The van der Waals surface area contributed by atoms with Crippen LogP contribution >= 0.6 is 0 Å². The van der Waals surface area contributed by atoms with Crippen LogP contribution in [0.25, 0.3) is 22.3 Å². The number of amides is 2. The first-order valence-corrected chi connectivity index (χ1v) is 9.84. The monoisotopic (exact) mass is 383 g/mol. The van der Waals surface area contributed by atoms with Crippen molar-refractivity contribution in [2.24, 2.45) is 0 Å². The highest BCUT2D eigenvalue weighted by Crippen LogP contribution is 2.34. The van der Waals surface area contributed by atoms with E-state index >= 15 is 0 Å². The van der Waals surface area contributed by atoms with Crippen molar-refractivity contribution in [2.75, 3.05) is 0 Å². The van der Waals surface area contributed by atoms with Crippen LogP contribution in [0.1, 0.15) is 57.3 Å². The molecule has 0 radical (unpaired) electrons. The third-order valence-electron chi connectivity index (χ3n) is 5.70. The number of benzene rings is 2. The van der Waals surface area contributed by atoms with E-state index in [1.807, 2.05) is 36.5 Å². The molecular formula is C24H21N3O2. The normalized spacial score (nSPS) is 14.6. The molecule has 0 saturated carbocycles. The first kappa shape index (κ1) is 17.6. The number of nitrogens with zero attached hydrogens (tertiary/aromatic N) is 1. The minimum atomic E-state index is -0.0292. The van der Waals surface area contributed by atoms with Gasteiger partial charge in [0, 0.05) is 41.5 Å². The number of nitrogens with one attached hydrogen (secondary N) is 2. The molecule has 5 nitrogen and oxygen atoms in total. The third kappa shape index (κ3) is 2.90. The fourth-order valence-corrected chi connectivity index (χ4v) is 4.10. The van der Waals surface area contributed by atoms with Crippen molar-refractivity contribution in [2.45, 2.75) is 32.9 Å². The Morgan fingerprint density at radius 3 is 1.93 bits per heavy atom. The molecule has 2 aliphatic heterocycles. The number of rotatable bonds is 3. The standard InChI is InChI=1S/C24H21N3O2/c1-13(2)22-19(15-4-6-17-11-27-24(29)21(17)8-15)9-18(12-25-22)14-3-5-16-10-26-23(28)20(16)7-14/h3-9,12-13H,10-11H2,1-2H3,(H,26,28)(H,27,29). The van der Waals surface area contributed by atoms with E-state index in [4.69, 9.17) is 4.98 Å². The fraction of sp³-hybridized carbons (Fsp3) is 0.208. The molecule has 0 fully saturated rings. The minimum Gasteiger partial charge on any atom is -0.348 e. The lowest BCUT2D eigenvalue weighted by atomic mass is 9.92. The summed E-state index contributed by atoms with van der Waals surface area (Å²) in [7, 11) is 0. The quantitative estimate of drug-likeness (QED) is 0.717. The van der Waals surface area contributed by atoms with Gasteiger partial charge in [-0.2, -0.15) is 0 Å². The van der Waals surface area contributed by atoms with Gasteiger partial charge in [0.15, 0.2) is 0 Å². The van der Waals surface area contributed by atoms with Crippen molar-refractivity contribution in [3.8, 4) is 22.3 Å². The number of aromatic nitrogens is 1. The Labute approximate surface area is 169 Å². The molecule has 0 spiro atoms. The van der Waals surface area contributed by atoms with Gasteiger partial charge >= 0.3 is 0 Å². The second-order valence-corrected chi connectivity index (χ2v) is 7.92. The van der Waals surface area contributed by atoms with E-state index < -0.39 is 0 Å². The molecular weight excluding hydrogens is 362 g/mol. The first-order valence-electron chi connectivity index (χ1n) is 9.84. The smallest absolute Gasteiger partial charge is 0.251 e. The number of pyridine rings is 1. The lowest BCUT2D eigenvalue weighted by molar-refractivity contribution is 0.0957. The van der Waals surface area contributed by atoms with Gasteiger partial charge in [-0.05, 0) is 46.4 Å². The zero-order chi connectivity index (χ0) is 20.1. The van der Waals surface area contributed by atoms with E-state index in [1.165, 1.54) is 0 Å².